The van der Waals surface area contributed by atoms with Crippen LogP contribution in [0.25, 0.3) is 0 Å². The molecule has 1 rings (SSSR count). The lowest BCUT2D eigenvalue weighted by Crippen LogP contribution is -2.44. The van der Waals surface area contributed by atoms with E-state index >= 15 is 0 Å². The lowest BCUT2D eigenvalue weighted by molar-refractivity contribution is -0.126. The highest BCUT2D eigenvalue weighted by molar-refractivity contribution is 6.35. The third kappa shape index (κ3) is 5.08. The zero-order valence-corrected chi connectivity index (χ0v) is 13.4. The second-order valence-corrected chi connectivity index (χ2v) is 5.08. The van der Waals surface area contributed by atoms with Gasteiger partial charge in [0.2, 0.25) is 0 Å². The number of carbonyl (C=O) groups is 2. The number of amides is 3. The van der Waals surface area contributed by atoms with Crippen molar-refractivity contribution in [2.45, 2.75) is 19.6 Å². The molecule has 21 heavy (non-hydrogen) atoms. The Bertz CT molecular complexity index is 538. The Balaban J connectivity index is 2.91. The van der Waals surface area contributed by atoms with Crippen LogP contribution < -0.4 is 20.7 Å². The first-order valence-electron chi connectivity index (χ1n) is 6.20. The van der Waals surface area contributed by atoms with Crippen LogP contribution in [0.5, 0.6) is 5.75 Å². The average Bonchev–Trinajstić information content (AvgIpc) is 2.42. The summed E-state index contributed by atoms with van der Waals surface area (Å²) in [6, 6.07) is 2.62. The van der Waals surface area contributed by atoms with Crippen LogP contribution in [0.4, 0.5) is 4.79 Å². The molecule has 0 aliphatic heterocycles. The van der Waals surface area contributed by atoms with Gasteiger partial charge in [-0.05, 0) is 26.1 Å². The van der Waals surface area contributed by atoms with Gasteiger partial charge in [-0.1, -0.05) is 23.2 Å². The van der Waals surface area contributed by atoms with E-state index in [0.29, 0.717) is 22.3 Å². The van der Waals surface area contributed by atoms with E-state index in [1.54, 1.807) is 13.1 Å². The molecule has 0 spiro atoms. The zero-order valence-electron chi connectivity index (χ0n) is 11.9. The van der Waals surface area contributed by atoms with Crippen LogP contribution >= 0.6 is 23.2 Å². The summed E-state index contributed by atoms with van der Waals surface area (Å²) in [5.41, 5.74) is 0.717. The number of benzene rings is 1. The summed E-state index contributed by atoms with van der Waals surface area (Å²) < 4.78 is 5.57. The average molecular weight is 334 g/mol. The van der Waals surface area contributed by atoms with E-state index in [2.05, 4.69) is 16.0 Å². The molecule has 3 N–H and O–H groups in total. The molecule has 0 aromatic heterocycles. The van der Waals surface area contributed by atoms with Gasteiger partial charge in [-0.3, -0.25) is 10.1 Å². The summed E-state index contributed by atoms with van der Waals surface area (Å²) in [7, 11) is 3.18. The molecule has 3 amide bonds. The molecule has 8 heteroatoms. The van der Waals surface area contributed by atoms with Crippen molar-refractivity contribution in [3.63, 3.8) is 0 Å². The number of halogens is 2. The number of ether oxygens (including phenoxy) is 1. The van der Waals surface area contributed by atoms with Crippen molar-refractivity contribution in [2.75, 3.05) is 14.1 Å². The second-order valence-electron chi connectivity index (χ2n) is 4.23. The third-order valence-corrected chi connectivity index (χ3v) is 3.08. The lowest BCUT2D eigenvalue weighted by atomic mass is 10.2. The normalized spacial score (nSPS) is 11.7. The van der Waals surface area contributed by atoms with Gasteiger partial charge in [0, 0.05) is 24.2 Å². The van der Waals surface area contributed by atoms with Crippen LogP contribution in [0.3, 0.4) is 0 Å². The van der Waals surface area contributed by atoms with E-state index in [1.165, 1.54) is 20.0 Å². The predicted molar refractivity (Wildman–Crippen MR) is 81.9 cm³/mol. The number of urea groups is 1. The SMILES string of the molecule is CNCc1cc(Cl)cc(Cl)c1OC(C)C(=O)NC(=O)NC. The van der Waals surface area contributed by atoms with E-state index in [0.717, 1.165) is 5.56 Å². The monoisotopic (exact) mass is 333 g/mol. The van der Waals surface area contributed by atoms with Gasteiger partial charge in [0.1, 0.15) is 5.75 Å². The number of carbonyl (C=O) groups excluding carboxylic acids is 2. The highest BCUT2D eigenvalue weighted by atomic mass is 35.5. The number of hydrogen-bond acceptors (Lipinski definition) is 4. The Kier molecular flexibility index (Phi) is 6.74. The Labute approximate surface area is 133 Å². The molecule has 0 heterocycles. The van der Waals surface area contributed by atoms with Crippen LogP contribution in [0.15, 0.2) is 12.1 Å². The molecule has 116 valence electrons. The number of hydrogen-bond donors (Lipinski definition) is 3. The molecule has 0 aliphatic carbocycles. The van der Waals surface area contributed by atoms with Gasteiger partial charge in [-0.25, -0.2) is 4.79 Å². The Morgan fingerprint density at radius 3 is 2.52 bits per heavy atom. The fraction of sp³-hybridized carbons (Fsp3) is 0.385. The van der Waals surface area contributed by atoms with Gasteiger partial charge in [0.05, 0.1) is 5.02 Å². The summed E-state index contributed by atoms with van der Waals surface area (Å²) in [6.07, 6.45) is -0.892. The fourth-order valence-electron chi connectivity index (χ4n) is 1.57. The topological polar surface area (TPSA) is 79.5 Å². The minimum Gasteiger partial charge on any atom is -0.479 e. The van der Waals surface area contributed by atoms with Crippen LogP contribution in [0.2, 0.25) is 10.0 Å². The zero-order chi connectivity index (χ0) is 16.0. The molecule has 1 aromatic carbocycles. The molecular weight excluding hydrogens is 317 g/mol. The highest BCUT2D eigenvalue weighted by Crippen LogP contribution is 2.33. The number of rotatable bonds is 5. The minimum absolute atomic E-state index is 0.298. The molecule has 0 saturated heterocycles. The van der Waals surface area contributed by atoms with Crippen LogP contribution in [0, 0.1) is 0 Å². The second kappa shape index (κ2) is 8.07. The summed E-state index contributed by atoms with van der Waals surface area (Å²) in [5, 5.41) is 8.15. The Morgan fingerprint density at radius 2 is 1.95 bits per heavy atom. The summed E-state index contributed by atoms with van der Waals surface area (Å²) in [5.74, 6) is -0.217. The molecule has 0 fully saturated rings. The van der Waals surface area contributed by atoms with Crippen molar-refractivity contribution in [3.05, 3.63) is 27.7 Å². The minimum atomic E-state index is -0.892. The molecule has 1 unspecified atom stereocenters. The maximum Gasteiger partial charge on any atom is 0.321 e. The first-order chi connectivity index (χ1) is 9.88. The summed E-state index contributed by atoms with van der Waals surface area (Å²) in [6.45, 7) is 1.99. The van der Waals surface area contributed by atoms with Crippen molar-refractivity contribution in [1.82, 2.24) is 16.0 Å². The molecule has 0 saturated carbocycles. The van der Waals surface area contributed by atoms with E-state index < -0.39 is 18.0 Å². The summed E-state index contributed by atoms with van der Waals surface area (Å²) >= 11 is 12.0. The number of imide groups is 1. The van der Waals surface area contributed by atoms with Crippen molar-refractivity contribution in [3.8, 4) is 5.75 Å². The quantitative estimate of drug-likeness (QED) is 0.769. The smallest absolute Gasteiger partial charge is 0.321 e. The van der Waals surface area contributed by atoms with Gasteiger partial charge in [-0.15, -0.1) is 0 Å². The molecule has 0 bridgehead atoms. The van der Waals surface area contributed by atoms with Gasteiger partial charge < -0.3 is 15.4 Å². The van der Waals surface area contributed by atoms with Gasteiger partial charge >= 0.3 is 6.03 Å². The van der Waals surface area contributed by atoms with E-state index in [-0.39, 0.29) is 0 Å². The molecule has 0 aliphatic rings. The maximum atomic E-state index is 11.8. The lowest BCUT2D eigenvalue weighted by Gasteiger charge is -2.18. The van der Waals surface area contributed by atoms with E-state index in [9.17, 15) is 9.59 Å². The van der Waals surface area contributed by atoms with Crippen LogP contribution in [0.1, 0.15) is 12.5 Å². The van der Waals surface area contributed by atoms with Crippen molar-refractivity contribution in [1.29, 1.82) is 0 Å². The molecule has 1 aromatic rings. The predicted octanol–water partition coefficient (Wildman–Crippen LogP) is 1.94. The largest absolute Gasteiger partial charge is 0.479 e. The van der Waals surface area contributed by atoms with E-state index in [1.807, 2.05) is 0 Å². The highest BCUT2D eigenvalue weighted by Gasteiger charge is 2.20. The third-order valence-electron chi connectivity index (χ3n) is 2.58. The fourth-order valence-corrected chi connectivity index (χ4v) is 2.15. The molecule has 0 radical (unpaired) electrons. The van der Waals surface area contributed by atoms with E-state index in [4.69, 9.17) is 27.9 Å². The van der Waals surface area contributed by atoms with Crippen molar-refractivity contribution >= 4 is 35.1 Å². The molecular formula is C13H17Cl2N3O3. The van der Waals surface area contributed by atoms with Crippen molar-refractivity contribution < 1.29 is 14.3 Å². The Hall–Kier alpha value is -1.50. The summed E-state index contributed by atoms with van der Waals surface area (Å²) in [4.78, 5) is 22.9. The number of nitrogens with one attached hydrogen (secondary N) is 3. The van der Waals surface area contributed by atoms with Crippen LogP contribution in [-0.2, 0) is 11.3 Å². The van der Waals surface area contributed by atoms with Gasteiger partial charge in [0.15, 0.2) is 6.10 Å². The first kappa shape index (κ1) is 17.6. The Morgan fingerprint density at radius 1 is 1.29 bits per heavy atom. The van der Waals surface area contributed by atoms with Crippen LogP contribution in [-0.4, -0.2) is 32.1 Å². The molecule has 6 nitrogen and oxygen atoms in total. The first-order valence-corrected chi connectivity index (χ1v) is 6.96. The maximum absolute atomic E-state index is 11.8. The molecule has 1 atom stereocenters. The van der Waals surface area contributed by atoms with Gasteiger partial charge in [0.25, 0.3) is 5.91 Å². The van der Waals surface area contributed by atoms with Gasteiger partial charge in [-0.2, -0.15) is 0 Å². The standard InChI is InChI=1S/C13H17Cl2N3O3/c1-7(12(19)18-13(20)17-3)21-11-8(6-16-2)4-9(14)5-10(11)15/h4-5,7,16H,6H2,1-3H3,(H2,17,18,19,20). The van der Waals surface area contributed by atoms with Crippen molar-refractivity contribution in [2.24, 2.45) is 0 Å².